The third kappa shape index (κ3) is 6.42. The maximum Gasteiger partial charge on any atom is 0.490 e. The number of aliphatic carboxylic acids is 1. The Morgan fingerprint density at radius 2 is 1.74 bits per heavy atom. The van der Waals surface area contributed by atoms with Crippen LogP contribution in [0.3, 0.4) is 0 Å². The fourth-order valence-corrected chi connectivity index (χ4v) is 4.40. The van der Waals surface area contributed by atoms with Crippen molar-refractivity contribution in [2.24, 2.45) is 5.73 Å². The minimum absolute atomic E-state index is 0.167. The van der Waals surface area contributed by atoms with Crippen LogP contribution in [0.2, 0.25) is 0 Å². The molecule has 35 heavy (non-hydrogen) atoms. The molecule has 1 fully saturated rings. The van der Waals surface area contributed by atoms with E-state index in [-0.39, 0.29) is 5.91 Å². The number of aryl methyl sites for hydroxylation is 1. The van der Waals surface area contributed by atoms with Gasteiger partial charge in [0, 0.05) is 43.3 Å². The van der Waals surface area contributed by atoms with Crippen molar-refractivity contribution in [3.8, 4) is 0 Å². The van der Waals surface area contributed by atoms with Gasteiger partial charge in [-0.3, -0.25) is 4.79 Å². The number of nitrogens with zero attached hydrogens (tertiary/aromatic N) is 2. The molecule has 4 rings (SSSR count). The number of carbonyl (C=O) groups excluding carboxylic acids is 1. The van der Waals surface area contributed by atoms with Crippen molar-refractivity contribution in [3.05, 3.63) is 71.4 Å². The Bertz CT molecular complexity index is 1170. The predicted octanol–water partition coefficient (Wildman–Crippen LogP) is 5.16. The van der Waals surface area contributed by atoms with Crippen LogP contribution in [0, 0.1) is 0 Å². The minimum Gasteiger partial charge on any atom is -0.475 e. The molecule has 0 bridgehead atoms. The maximum absolute atomic E-state index is 13.3. The number of amides is 1. The van der Waals surface area contributed by atoms with Crippen LogP contribution in [-0.4, -0.2) is 45.7 Å². The average Bonchev–Trinajstić information content (AvgIpc) is 3.22. The maximum atomic E-state index is 13.3. The number of carboxylic acids is 1. The van der Waals surface area contributed by atoms with Gasteiger partial charge >= 0.3 is 12.1 Å². The van der Waals surface area contributed by atoms with E-state index in [1.165, 1.54) is 11.1 Å². The van der Waals surface area contributed by atoms with E-state index in [0.29, 0.717) is 12.5 Å². The number of hydrogen-bond acceptors (Lipinski definition) is 3. The standard InChI is InChI=1S/C24H29N3O.C2HF3O2/c1-2-12-27-17-22(21-8-3-4-9-23(21)27)24(28)26-13-10-19(11-14-26)20-7-5-6-18(15-20)16-25;3-2(4,5)1(6)7/h3-9,15,17,19H,2,10-14,16,25H2,1H3;(H,6,7). The van der Waals surface area contributed by atoms with E-state index in [9.17, 15) is 18.0 Å². The number of piperidine rings is 1. The van der Waals surface area contributed by atoms with Crippen molar-refractivity contribution in [2.75, 3.05) is 13.1 Å². The molecular formula is C26H30F3N3O3. The van der Waals surface area contributed by atoms with Crippen molar-refractivity contribution < 1.29 is 27.9 Å². The molecular weight excluding hydrogens is 459 g/mol. The number of para-hydroxylation sites is 1. The van der Waals surface area contributed by atoms with Crippen LogP contribution in [0.25, 0.3) is 10.9 Å². The Morgan fingerprint density at radius 1 is 1.09 bits per heavy atom. The summed E-state index contributed by atoms with van der Waals surface area (Å²) in [6.07, 6.45) is 0.0353. The molecule has 3 aromatic rings. The van der Waals surface area contributed by atoms with E-state index in [1.807, 2.05) is 23.2 Å². The van der Waals surface area contributed by atoms with Crippen molar-refractivity contribution in [2.45, 2.75) is 51.4 Å². The van der Waals surface area contributed by atoms with Crippen LogP contribution in [0.4, 0.5) is 13.2 Å². The van der Waals surface area contributed by atoms with Crippen molar-refractivity contribution in [3.63, 3.8) is 0 Å². The normalized spacial score (nSPS) is 14.5. The monoisotopic (exact) mass is 489 g/mol. The summed E-state index contributed by atoms with van der Waals surface area (Å²) in [5, 5.41) is 8.19. The number of rotatable bonds is 5. The molecule has 1 saturated heterocycles. The zero-order chi connectivity index (χ0) is 25.6. The summed E-state index contributed by atoms with van der Waals surface area (Å²) in [5.74, 6) is -2.08. The first-order chi connectivity index (χ1) is 16.7. The second kappa shape index (κ2) is 11.4. The summed E-state index contributed by atoms with van der Waals surface area (Å²) in [7, 11) is 0. The van der Waals surface area contributed by atoms with E-state index < -0.39 is 12.1 Å². The Balaban J connectivity index is 0.000000429. The quantitative estimate of drug-likeness (QED) is 0.518. The molecule has 0 saturated carbocycles. The lowest BCUT2D eigenvalue weighted by Crippen LogP contribution is -2.37. The molecule has 0 radical (unpaired) electrons. The molecule has 1 aliphatic rings. The first-order valence-corrected chi connectivity index (χ1v) is 11.6. The van der Waals surface area contributed by atoms with Gasteiger partial charge in [0.15, 0.2) is 0 Å². The number of likely N-dealkylation sites (tertiary alicyclic amines) is 1. The summed E-state index contributed by atoms with van der Waals surface area (Å²) in [5.41, 5.74) is 10.3. The highest BCUT2D eigenvalue weighted by Crippen LogP contribution is 2.30. The highest BCUT2D eigenvalue weighted by atomic mass is 19.4. The highest BCUT2D eigenvalue weighted by molar-refractivity contribution is 6.07. The number of aromatic nitrogens is 1. The van der Waals surface area contributed by atoms with Crippen molar-refractivity contribution in [1.82, 2.24) is 9.47 Å². The molecule has 0 aliphatic carbocycles. The van der Waals surface area contributed by atoms with Crippen LogP contribution in [0.15, 0.2) is 54.7 Å². The second-order valence-corrected chi connectivity index (χ2v) is 8.57. The van der Waals surface area contributed by atoms with E-state index in [1.54, 1.807) is 0 Å². The van der Waals surface area contributed by atoms with E-state index >= 15 is 0 Å². The van der Waals surface area contributed by atoms with Gasteiger partial charge in [-0.25, -0.2) is 4.79 Å². The lowest BCUT2D eigenvalue weighted by molar-refractivity contribution is -0.192. The lowest BCUT2D eigenvalue weighted by atomic mass is 9.88. The topological polar surface area (TPSA) is 88.6 Å². The first kappa shape index (κ1) is 26.3. The molecule has 6 nitrogen and oxygen atoms in total. The zero-order valence-electron chi connectivity index (χ0n) is 19.6. The van der Waals surface area contributed by atoms with Gasteiger partial charge < -0.3 is 20.3 Å². The van der Waals surface area contributed by atoms with Crippen LogP contribution in [0.1, 0.15) is 53.6 Å². The Hall–Kier alpha value is -3.33. The number of fused-ring (bicyclic) bond motifs is 1. The molecule has 0 unspecified atom stereocenters. The van der Waals surface area contributed by atoms with Gasteiger partial charge in [-0.15, -0.1) is 0 Å². The highest BCUT2D eigenvalue weighted by Gasteiger charge is 2.38. The molecule has 1 aromatic heterocycles. The number of carbonyl (C=O) groups is 2. The lowest BCUT2D eigenvalue weighted by Gasteiger charge is -2.32. The smallest absolute Gasteiger partial charge is 0.475 e. The zero-order valence-corrected chi connectivity index (χ0v) is 19.6. The number of benzene rings is 2. The molecule has 0 spiro atoms. The van der Waals surface area contributed by atoms with Gasteiger partial charge in [0.05, 0.1) is 5.56 Å². The average molecular weight is 490 g/mol. The summed E-state index contributed by atoms with van der Waals surface area (Å²) in [6.45, 7) is 5.30. The summed E-state index contributed by atoms with van der Waals surface area (Å²) < 4.78 is 34.0. The van der Waals surface area contributed by atoms with Gasteiger partial charge in [-0.05, 0) is 42.4 Å². The van der Waals surface area contributed by atoms with Crippen LogP contribution in [-0.2, 0) is 17.9 Å². The Morgan fingerprint density at radius 3 is 2.34 bits per heavy atom. The molecule has 3 N–H and O–H groups in total. The SMILES string of the molecule is CCCn1cc(C(=O)N2CCC(c3cccc(CN)c3)CC2)c2ccccc21.O=C(O)C(F)(F)F. The van der Waals surface area contributed by atoms with E-state index in [0.717, 1.165) is 55.4 Å². The molecule has 2 aromatic carbocycles. The second-order valence-electron chi connectivity index (χ2n) is 8.57. The van der Waals surface area contributed by atoms with Gasteiger partial charge in [-0.1, -0.05) is 49.4 Å². The fourth-order valence-electron chi connectivity index (χ4n) is 4.40. The minimum atomic E-state index is -5.08. The molecule has 1 aliphatic heterocycles. The van der Waals surface area contributed by atoms with Gasteiger partial charge in [-0.2, -0.15) is 13.2 Å². The number of carboxylic acid groups (broad SMARTS) is 1. The Kier molecular flexibility index (Phi) is 8.56. The van der Waals surface area contributed by atoms with Crippen molar-refractivity contribution in [1.29, 1.82) is 0 Å². The molecule has 188 valence electrons. The third-order valence-corrected chi connectivity index (χ3v) is 6.17. The van der Waals surface area contributed by atoms with Gasteiger partial charge in [0.25, 0.3) is 5.91 Å². The number of halogens is 3. The molecule has 1 amide bonds. The van der Waals surface area contributed by atoms with E-state index in [4.69, 9.17) is 15.6 Å². The van der Waals surface area contributed by atoms with E-state index in [2.05, 4.69) is 47.9 Å². The molecule has 0 atom stereocenters. The third-order valence-electron chi connectivity index (χ3n) is 6.17. The Labute approximate surface area is 202 Å². The van der Waals surface area contributed by atoms with Crippen LogP contribution in [0.5, 0.6) is 0 Å². The molecule has 9 heteroatoms. The summed E-state index contributed by atoms with van der Waals surface area (Å²) in [6, 6.07) is 16.8. The fraction of sp³-hybridized carbons (Fsp3) is 0.385. The number of alkyl halides is 3. The summed E-state index contributed by atoms with van der Waals surface area (Å²) >= 11 is 0. The van der Waals surface area contributed by atoms with Crippen LogP contribution < -0.4 is 5.73 Å². The summed E-state index contributed by atoms with van der Waals surface area (Å²) in [4.78, 5) is 24.2. The molecule has 2 heterocycles. The number of nitrogens with two attached hydrogens (primary N) is 1. The van der Waals surface area contributed by atoms with Crippen LogP contribution >= 0.6 is 0 Å². The first-order valence-electron chi connectivity index (χ1n) is 11.6. The van der Waals surface area contributed by atoms with Gasteiger partial charge in [0.2, 0.25) is 0 Å². The predicted molar refractivity (Wildman–Crippen MR) is 128 cm³/mol. The number of hydrogen-bond donors (Lipinski definition) is 2. The van der Waals surface area contributed by atoms with Gasteiger partial charge in [0.1, 0.15) is 0 Å². The van der Waals surface area contributed by atoms with Crippen molar-refractivity contribution >= 4 is 22.8 Å². The largest absolute Gasteiger partial charge is 0.490 e.